The van der Waals surface area contributed by atoms with Crippen molar-refractivity contribution in [1.29, 1.82) is 0 Å². The monoisotopic (exact) mass is 431 g/mol. The molecule has 1 aromatic carbocycles. The number of carbonyl (C=O) groups is 1. The van der Waals surface area contributed by atoms with Crippen LogP contribution >= 0.6 is 12.4 Å². The first-order valence-corrected chi connectivity index (χ1v) is 11.0. The van der Waals surface area contributed by atoms with Crippen molar-refractivity contribution in [2.75, 3.05) is 33.2 Å². The molecule has 2 saturated heterocycles. The number of benzene rings is 1. The van der Waals surface area contributed by atoms with Crippen molar-refractivity contribution in [1.82, 2.24) is 14.5 Å². The van der Waals surface area contributed by atoms with Gasteiger partial charge in [0.25, 0.3) is 5.91 Å². The Balaban J connectivity index is 0.00000280. The van der Waals surface area contributed by atoms with Crippen molar-refractivity contribution in [3.63, 3.8) is 0 Å². The van der Waals surface area contributed by atoms with Gasteiger partial charge in [0.15, 0.2) is 0 Å². The van der Waals surface area contributed by atoms with E-state index in [1.165, 1.54) is 10.4 Å². The molecule has 0 saturated carbocycles. The molecule has 0 bridgehead atoms. The molecule has 2 fully saturated rings. The number of ether oxygens (including phenoxy) is 1. The fourth-order valence-corrected chi connectivity index (χ4v) is 5.46. The lowest BCUT2D eigenvalue weighted by molar-refractivity contribution is -0.0440. The summed E-state index contributed by atoms with van der Waals surface area (Å²) in [5.41, 5.74) is 0.424. The summed E-state index contributed by atoms with van der Waals surface area (Å²) in [6, 6.07) is 6.84. The topological polar surface area (TPSA) is 79.0 Å². The molecule has 1 amide bonds. The number of nitrogens with one attached hydrogen (secondary N) is 1. The molecule has 0 aliphatic carbocycles. The van der Waals surface area contributed by atoms with Gasteiger partial charge in [-0.3, -0.25) is 4.79 Å². The average Bonchev–Trinajstić information content (AvgIpc) is 2.67. The molecule has 28 heavy (non-hydrogen) atoms. The molecule has 2 heterocycles. The lowest BCUT2D eigenvalue weighted by Crippen LogP contribution is -2.48. The quantitative estimate of drug-likeness (QED) is 0.785. The molecule has 0 spiro atoms. The molecule has 2 aliphatic rings. The van der Waals surface area contributed by atoms with Crippen LogP contribution in [0.25, 0.3) is 0 Å². The number of sulfonamides is 1. The molecule has 1 N–H and O–H groups in total. The summed E-state index contributed by atoms with van der Waals surface area (Å²) < 4.78 is 33.2. The van der Waals surface area contributed by atoms with Crippen LogP contribution in [0.1, 0.15) is 37.0 Å². The summed E-state index contributed by atoms with van der Waals surface area (Å²) in [5, 5.41) is 3.24. The molecule has 1 aromatic rings. The average molecular weight is 432 g/mol. The molecule has 2 aliphatic heterocycles. The third-order valence-corrected chi connectivity index (χ3v) is 7.12. The van der Waals surface area contributed by atoms with Gasteiger partial charge < -0.3 is 15.0 Å². The summed E-state index contributed by atoms with van der Waals surface area (Å²) in [5.74, 6) is -0.106. The second-order valence-electron chi connectivity index (χ2n) is 7.46. The van der Waals surface area contributed by atoms with Gasteiger partial charge in [-0.25, -0.2) is 8.42 Å². The number of hydrogen-bond donors (Lipinski definition) is 1. The van der Waals surface area contributed by atoms with Crippen LogP contribution in [0.2, 0.25) is 0 Å². The maximum Gasteiger partial charge on any atom is 0.253 e. The van der Waals surface area contributed by atoms with Crippen LogP contribution in [-0.2, 0) is 14.8 Å². The Labute approximate surface area is 173 Å². The Morgan fingerprint density at radius 1 is 1.14 bits per heavy atom. The van der Waals surface area contributed by atoms with E-state index in [1.54, 1.807) is 23.1 Å². The van der Waals surface area contributed by atoms with Crippen molar-refractivity contribution < 1.29 is 17.9 Å². The molecule has 9 heteroatoms. The van der Waals surface area contributed by atoms with Crippen LogP contribution in [0, 0.1) is 0 Å². The first-order valence-electron chi connectivity index (χ1n) is 9.53. The fraction of sp³-hybridized carbons (Fsp3) is 0.632. The van der Waals surface area contributed by atoms with E-state index in [4.69, 9.17) is 4.74 Å². The zero-order valence-electron chi connectivity index (χ0n) is 16.6. The first kappa shape index (κ1) is 23.1. The largest absolute Gasteiger partial charge is 0.373 e. The van der Waals surface area contributed by atoms with E-state index < -0.39 is 10.0 Å². The van der Waals surface area contributed by atoms with E-state index in [-0.39, 0.29) is 35.4 Å². The van der Waals surface area contributed by atoms with Gasteiger partial charge in [0.05, 0.1) is 17.1 Å². The molecule has 158 valence electrons. The molecule has 0 radical (unpaired) electrons. The zero-order chi connectivity index (χ0) is 19.6. The lowest BCUT2D eigenvalue weighted by Gasteiger charge is -2.34. The van der Waals surface area contributed by atoms with Crippen LogP contribution in [0.15, 0.2) is 29.2 Å². The van der Waals surface area contributed by atoms with Crippen molar-refractivity contribution in [2.45, 2.75) is 49.8 Å². The highest BCUT2D eigenvalue weighted by Gasteiger charge is 2.33. The maximum atomic E-state index is 13.0. The van der Waals surface area contributed by atoms with E-state index >= 15 is 0 Å². The Morgan fingerprint density at radius 2 is 1.75 bits per heavy atom. The molecule has 2 atom stereocenters. The van der Waals surface area contributed by atoms with Crippen LogP contribution in [-0.4, -0.2) is 75.0 Å². The van der Waals surface area contributed by atoms with Gasteiger partial charge >= 0.3 is 0 Å². The van der Waals surface area contributed by atoms with Gasteiger partial charge in [-0.05, 0) is 51.9 Å². The van der Waals surface area contributed by atoms with Gasteiger partial charge in [0, 0.05) is 37.8 Å². The van der Waals surface area contributed by atoms with Crippen molar-refractivity contribution in [3.8, 4) is 0 Å². The third-order valence-electron chi connectivity index (χ3n) is 5.30. The summed E-state index contributed by atoms with van der Waals surface area (Å²) in [6.45, 7) is 5.74. The van der Waals surface area contributed by atoms with Gasteiger partial charge in [-0.15, -0.1) is 12.4 Å². The van der Waals surface area contributed by atoms with Crippen molar-refractivity contribution in [2.24, 2.45) is 0 Å². The van der Waals surface area contributed by atoms with Gasteiger partial charge in [-0.2, -0.15) is 4.31 Å². The van der Waals surface area contributed by atoms with E-state index in [2.05, 4.69) is 5.32 Å². The number of nitrogens with zero attached hydrogens (tertiary/aromatic N) is 2. The van der Waals surface area contributed by atoms with Crippen LogP contribution < -0.4 is 5.32 Å². The van der Waals surface area contributed by atoms with Crippen LogP contribution in [0.3, 0.4) is 0 Å². The smallest absolute Gasteiger partial charge is 0.253 e. The second-order valence-corrected chi connectivity index (χ2v) is 9.40. The molecular weight excluding hydrogens is 402 g/mol. The highest BCUT2D eigenvalue weighted by Crippen LogP contribution is 2.23. The Kier molecular flexibility index (Phi) is 7.87. The summed E-state index contributed by atoms with van der Waals surface area (Å²) >= 11 is 0. The van der Waals surface area contributed by atoms with Gasteiger partial charge in [-0.1, -0.05) is 6.07 Å². The zero-order valence-corrected chi connectivity index (χ0v) is 18.3. The van der Waals surface area contributed by atoms with E-state index in [0.29, 0.717) is 37.8 Å². The molecule has 3 rings (SSSR count). The standard InChI is InChI=1S/C19H29N3O4S.ClH/c1-14-12-22(13-15(2)26-14)27(24,25)18-6-4-5-16(11-18)19(23)21-9-7-17(20-3)8-10-21;/h4-6,11,14-15,17,20H,7-10,12-13H2,1-3H3;1H. The molecule has 7 nitrogen and oxygen atoms in total. The van der Waals surface area contributed by atoms with E-state index in [0.717, 1.165) is 12.8 Å². The van der Waals surface area contributed by atoms with E-state index in [1.807, 2.05) is 20.9 Å². The highest BCUT2D eigenvalue weighted by molar-refractivity contribution is 7.89. The number of morpholine rings is 1. The Bertz CT molecular complexity index is 771. The number of carbonyl (C=O) groups excluding carboxylic acids is 1. The minimum atomic E-state index is -3.65. The lowest BCUT2D eigenvalue weighted by atomic mass is 10.0. The second kappa shape index (κ2) is 9.54. The third kappa shape index (κ3) is 5.04. The minimum absolute atomic E-state index is 0. The van der Waals surface area contributed by atoms with E-state index in [9.17, 15) is 13.2 Å². The maximum absolute atomic E-state index is 13.0. The number of piperidine rings is 1. The number of amides is 1. The predicted octanol–water partition coefficient (Wildman–Crippen LogP) is 1.73. The highest BCUT2D eigenvalue weighted by atomic mass is 35.5. The Morgan fingerprint density at radius 3 is 2.32 bits per heavy atom. The molecule has 2 unspecified atom stereocenters. The number of halogens is 1. The number of likely N-dealkylation sites (tertiary alicyclic amines) is 1. The molecule has 0 aromatic heterocycles. The van der Waals surface area contributed by atoms with Gasteiger partial charge in [0.1, 0.15) is 0 Å². The summed E-state index contributed by atoms with van der Waals surface area (Å²) in [7, 11) is -1.72. The fourth-order valence-electron chi connectivity index (χ4n) is 3.82. The van der Waals surface area contributed by atoms with Crippen LogP contribution in [0.5, 0.6) is 0 Å². The van der Waals surface area contributed by atoms with Crippen molar-refractivity contribution >= 4 is 28.3 Å². The first-order chi connectivity index (χ1) is 12.8. The number of hydrogen-bond acceptors (Lipinski definition) is 5. The Hall–Kier alpha value is -1.19. The predicted molar refractivity (Wildman–Crippen MR) is 110 cm³/mol. The summed E-state index contributed by atoms with van der Waals surface area (Å²) in [4.78, 5) is 14.8. The normalized spacial score (nSPS) is 24.6. The number of rotatable bonds is 4. The van der Waals surface area contributed by atoms with Gasteiger partial charge in [0.2, 0.25) is 10.0 Å². The van der Waals surface area contributed by atoms with Crippen molar-refractivity contribution in [3.05, 3.63) is 29.8 Å². The van der Waals surface area contributed by atoms with Crippen LogP contribution in [0.4, 0.5) is 0 Å². The molecular formula is C19H30ClN3O4S. The minimum Gasteiger partial charge on any atom is -0.373 e. The SMILES string of the molecule is CNC1CCN(C(=O)c2cccc(S(=O)(=O)N3CC(C)OC(C)C3)c2)CC1.Cl. The summed E-state index contributed by atoms with van der Waals surface area (Å²) in [6.07, 6.45) is 1.51.